The Morgan fingerprint density at radius 1 is 0.957 bits per heavy atom. The number of hydrogen-bond acceptors (Lipinski definition) is 2. The fourth-order valence-electron chi connectivity index (χ4n) is 3.69. The SMILES string of the molecule is CC1=C(c2cccc3cccnc23)CCC1(O)c1ccccc1. The van der Waals surface area contributed by atoms with Crippen LogP contribution in [0.3, 0.4) is 0 Å². The Balaban J connectivity index is 1.89. The summed E-state index contributed by atoms with van der Waals surface area (Å²) in [5.41, 5.74) is 4.53. The van der Waals surface area contributed by atoms with E-state index in [-0.39, 0.29) is 0 Å². The molecule has 23 heavy (non-hydrogen) atoms. The number of allylic oxidation sites excluding steroid dienone is 1. The van der Waals surface area contributed by atoms with Crippen LogP contribution in [0.2, 0.25) is 0 Å². The van der Waals surface area contributed by atoms with Crippen LogP contribution in [0.5, 0.6) is 0 Å². The molecule has 0 saturated carbocycles. The molecule has 0 bridgehead atoms. The number of rotatable bonds is 2. The third kappa shape index (κ3) is 2.18. The molecular formula is C21H19NO. The van der Waals surface area contributed by atoms with Crippen LogP contribution in [0.15, 0.2) is 72.4 Å². The predicted octanol–water partition coefficient (Wildman–Crippen LogP) is 4.69. The molecule has 1 heterocycles. The first kappa shape index (κ1) is 14.2. The van der Waals surface area contributed by atoms with Gasteiger partial charge < -0.3 is 5.11 Å². The molecule has 1 aromatic heterocycles. The van der Waals surface area contributed by atoms with Crippen molar-refractivity contribution in [2.75, 3.05) is 0 Å². The number of aliphatic hydroxyl groups is 1. The quantitative estimate of drug-likeness (QED) is 0.745. The monoisotopic (exact) mass is 301 g/mol. The minimum Gasteiger partial charge on any atom is -0.381 e. The van der Waals surface area contributed by atoms with Crippen LogP contribution >= 0.6 is 0 Å². The smallest absolute Gasteiger partial charge is 0.111 e. The first-order valence-electron chi connectivity index (χ1n) is 8.02. The van der Waals surface area contributed by atoms with Gasteiger partial charge in [0, 0.05) is 17.1 Å². The Bertz CT molecular complexity index is 893. The standard InChI is InChI=1S/C21H19NO/c1-15-18(12-13-21(15,23)17-9-3-2-4-10-17)19-11-5-7-16-8-6-14-22-20(16)19/h2-11,14,23H,12-13H2,1H3. The normalized spacial score (nSPS) is 21.1. The summed E-state index contributed by atoms with van der Waals surface area (Å²) < 4.78 is 0. The molecule has 1 atom stereocenters. The number of hydrogen-bond donors (Lipinski definition) is 1. The molecule has 0 amide bonds. The number of fused-ring (bicyclic) bond motifs is 1. The summed E-state index contributed by atoms with van der Waals surface area (Å²) in [5, 5.41) is 12.4. The maximum absolute atomic E-state index is 11.3. The Morgan fingerprint density at radius 2 is 1.74 bits per heavy atom. The molecule has 1 unspecified atom stereocenters. The number of pyridine rings is 1. The van der Waals surface area contributed by atoms with Gasteiger partial charge in [0.1, 0.15) is 5.60 Å². The van der Waals surface area contributed by atoms with E-state index < -0.39 is 5.60 Å². The topological polar surface area (TPSA) is 33.1 Å². The van der Waals surface area contributed by atoms with Crippen molar-refractivity contribution in [3.05, 3.63) is 83.6 Å². The van der Waals surface area contributed by atoms with E-state index in [0.29, 0.717) is 0 Å². The van der Waals surface area contributed by atoms with Gasteiger partial charge in [-0.2, -0.15) is 0 Å². The van der Waals surface area contributed by atoms with E-state index >= 15 is 0 Å². The fraction of sp³-hybridized carbons (Fsp3) is 0.190. The summed E-state index contributed by atoms with van der Waals surface area (Å²) in [4.78, 5) is 4.56. The molecule has 2 aromatic carbocycles. The zero-order chi connectivity index (χ0) is 15.9. The lowest BCUT2D eigenvalue weighted by Crippen LogP contribution is -2.23. The first-order chi connectivity index (χ1) is 11.2. The van der Waals surface area contributed by atoms with Gasteiger partial charge in [0.15, 0.2) is 0 Å². The predicted molar refractivity (Wildman–Crippen MR) is 93.9 cm³/mol. The summed E-state index contributed by atoms with van der Waals surface area (Å²) in [5.74, 6) is 0. The first-order valence-corrected chi connectivity index (χ1v) is 8.02. The molecule has 0 spiro atoms. The van der Waals surface area contributed by atoms with E-state index in [4.69, 9.17) is 0 Å². The lowest BCUT2D eigenvalue weighted by atomic mass is 9.87. The van der Waals surface area contributed by atoms with Gasteiger partial charge in [0.2, 0.25) is 0 Å². The van der Waals surface area contributed by atoms with Gasteiger partial charge >= 0.3 is 0 Å². The van der Waals surface area contributed by atoms with Gasteiger partial charge in [-0.25, -0.2) is 0 Å². The average Bonchev–Trinajstić information content (AvgIpc) is 2.92. The highest BCUT2D eigenvalue weighted by Gasteiger charge is 2.38. The Kier molecular flexibility index (Phi) is 3.28. The van der Waals surface area contributed by atoms with Gasteiger partial charge in [-0.05, 0) is 42.5 Å². The highest BCUT2D eigenvalue weighted by molar-refractivity contribution is 5.92. The molecule has 0 fully saturated rings. The third-order valence-corrected chi connectivity index (χ3v) is 5.02. The molecule has 114 valence electrons. The van der Waals surface area contributed by atoms with Crippen LogP contribution in [0, 0.1) is 0 Å². The lowest BCUT2D eigenvalue weighted by Gasteiger charge is -2.25. The Hall–Kier alpha value is -2.45. The van der Waals surface area contributed by atoms with Gasteiger partial charge in [0.05, 0.1) is 5.52 Å². The molecule has 4 rings (SSSR count). The van der Waals surface area contributed by atoms with Crippen LogP contribution < -0.4 is 0 Å². The van der Waals surface area contributed by atoms with E-state index in [0.717, 1.165) is 40.4 Å². The zero-order valence-corrected chi connectivity index (χ0v) is 13.2. The largest absolute Gasteiger partial charge is 0.381 e. The van der Waals surface area contributed by atoms with Crippen molar-refractivity contribution < 1.29 is 5.11 Å². The van der Waals surface area contributed by atoms with E-state index in [9.17, 15) is 5.11 Å². The molecule has 0 saturated heterocycles. The maximum Gasteiger partial charge on any atom is 0.111 e. The molecule has 1 N–H and O–H groups in total. The van der Waals surface area contributed by atoms with Crippen LogP contribution in [-0.4, -0.2) is 10.1 Å². The Labute approximate surface area is 136 Å². The number of aromatic nitrogens is 1. The summed E-state index contributed by atoms with van der Waals surface area (Å²) in [6, 6.07) is 20.3. The maximum atomic E-state index is 11.3. The van der Waals surface area contributed by atoms with Gasteiger partial charge in [-0.3, -0.25) is 4.98 Å². The van der Waals surface area contributed by atoms with Crippen LogP contribution in [0.4, 0.5) is 0 Å². The second kappa shape index (κ2) is 5.32. The highest BCUT2D eigenvalue weighted by atomic mass is 16.3. The molecule has 0 radical (unpaired) electrons. The van der Waals surface area contributed by atoms with Crippen molar-refractivity contribution >= 4 is 16.5 Å². The molecule has 2 heteroatoms. The molecule has 3 aromatic rings. The van der Waals surface area contributed by atoms with Crippen molar-refractivity contribution in [3.8, 4) is 0 Å². The van der Waals surface area contributed by atoms with Gasteiger partial charge in [-0.1, -0.05) is 54.6 Å². The van der Waals surface area contributed by atoms with E-state index in [1.54, 1.807) is 0 Å². The van der Waals surface area contributed by atoms with Crippen LogP contribution in [0.25, 0.3) is 16.5 Å². The van der Waals surface area contributed by atoms with Gasteiger partial charge in [0.25, 0.3) is 0 Å². The van der Waals surface area contributed by atoms with Crippen molar-refractivity contribution in [3.63, 3.8) is 0 Å². The lowest BCUT2D eigenvalue weighted by molar-refractivity contribution is 0.0774. The molecule has 2 nitrogen and oxygen atoms in total. The van der Waals surface area contributed by atoms with Crippen molar-refractivity contribution in [2.24, 2.45) is 0 Å². The number of benzene rings is 2. The van der Waals surface area contributed by atoms with Gasteiger partial charge in [-0.15, -0.1) is 0 Å². The average molecular weight is 301 g/mol. The molecule has 1 aliphatic carbocycles. The summed E-state index contributed by atoms with van der Waals surface area (Å²) in [6.07, 6.45) is 3.42. The van der Waals surface area contributed by atoms with E-state index in [1.807, 2.05) is 42.6 Å². The molecular weight excluding hydrogens is 282 g/mol. The summed E-state index contributed by atoms with van der Waals surface area (Å²) in [6.45, 7) is 2.05. The molecule has 0 aliphatic heterocycles. The van der Waals surface area contributed by atoms with Crippen molar-refractivity contribution in [1.82, 2.24) is 4.98 Å². The zero-order valence-electron chi connectivity index (χ0n) is 13.2. The number of para-hydroxylation sites is 1. The third-order valence-electron chi connectivity index (χ3n) is 5.02. The fourth-order valence-corrected chi connectivity index (χ4v) is 3.69. The minimum atomic E-state index is -0.868. The minimum absolute atomic E-state index is 0.724. The molecule has 1 aliphatic rings. The number of nitrogens with zero attached hydrogens (tertiary/aromatic N) is 1. The summed E-state index contributed by atoms with van der Waals surface area (Å²) >= 11 is 0. The summed E-state index contributed by atoms with van der Waals surface area (Å²) in [7, 11) is 0. The van der Waals surface area contributed by atoms with Crippen molar-refractivity contribution in [1.29, 1.82) is 0 Å². The van der Waals surface area contributed by atoms with Crippen LogP contribution in [-0.2, 0) is 5.60 Å². The van der Waals surface area contributed by atoms with E-state index in [1.165, 1.54) is 5.57 Å². The van der Waals surface area contributed by atoms with E-state index in [2.05, 4.69) is 36.2 Å². The van der Waals surface area contributed by atoms with Crippen molar-refractivity contribution in [2.45, 2.75) is 25.4 Å². The van der Waals surface area contributed by atoms with Crippen LogP contribution in [0.1, 0.15) is 30.9 Å². The second-order valence-corrected chi connectivity index (χ2v) is 6.21. The highest BCUT2D eigenvalue weighted by Crippen LogP contribution is 2.47. The Morgan fingerprint density at radius 3 is 2.57 bits per heavy atom. The second-order valence-electron chi connectivity index (χ2n) is 6.21.